The van der Waals surface area contributed by atoms with Crippen LogP contribution in [0.5, 0.6) is 5.75 Å². The maximum absolute atomic E-state index is 12.4. The lowest BCUT2D eigenvalue weighted by molar-refractivity contribution is -0.117. The smallest absolute Gasteiger partial charge is 0.238 e. The Labute approximate surface area is 187 Å². The average molecular weight is 434 g/mol. The number of carbonyl (C=O) groups is 2. The van der Waals surface area contributed by atoms with Gasteiger partial charge in [0.05, 0.1) is 19.3 Å². The second kappa shape index (κ2) is 9.65. The van der Waals surface area contributed by atoms with E-state index in [1.54, 1.807) is 37.6 Å². The highest BCUT2D eigenvalue weighted by atomic mass is 16.5. The van der Waals surface area contributed by atoms with Crippen LogP contribution in [0, 0.1) is 0 Å². The molecule has 1 amide bonds. The highest BCUT2D eigenvalue weighted by Gasteiger charge is 2.22. The lowest BCUT2D eigenvalue weighted by atomic mass is 10.1. The first-order valence-corrected chi connectivity index (χ1v) is 10.6. The molecular formula is C24H27N5O3. The molecule has 32 heavy (non-hydrogen) atoms. The third-order valence-electron chi connectivity index (χ3n) is 5.55. The van der Waals surface area contributed by atoms with Crippen LogP contribution in [0.3, 0.4) is 0 Å². The normalized spacial score (nSPS) is 14.2. The van der Waals surface area contributed by atoms with Crippen molar-refractivity contribution in [3.05, 3.63) is 66.5 Å². The summed E-state index contributed by atoms with van der Waals surface area (Å²) >= 11 is 0. The molecule has 0 atom stereocenters. The molecule has 8 heteroatoms. The van der Waals surface area contributed by atoms with Crippen molar-refractivity contribution in [2.24, 2.45) is 0 Å². The third kappa shape index (κ3) is 4.97. The number of methoxy groups -OCH3 is 1. The van der Waals surface area contributed by atoms with Gasteiger partial charge < -0.3 is 15.0 Å². The van der Waals surface area contributed by atoms with Gasteiger partial charge in [0, 0.05) is 55.9 Å². The number of Topliss-reactive ketones (excluding diaryl/α,β-unsaturated/α-hetero) is 1. The number of ether oxygens (including phenoxy) is 1. The molecule has 0 bridgehead atoms. The third-order valence-corrected chi connectivity index (χ3v) is 5.55. The van der Waals surface area contributed by atoms with Crippen LogP contribution in [0.4, 0.5) is 11.6 Å². The molecule has 0 unspecified atom stereocenters. The van der Waals surface area contributed by atoms with Crippen LogP contribution in [0.2, 0.25) is 0 Å². The fraction of sp³-hybridized carbons (Fsp3) is 0.292. The van der Waals surface area contributed by atoms with Gasteiger partial charge in [0.15, 0.2) is 5.78 Å². The molecule has 3 aromatic rings. The van der Waals surface area contributed by atoms with Crippen LogP contribution < -0.4 is 15.0 Å². The van der Waals surface area contributed by atoms with E-state index in [1.807, 2.05) is 30.5 Å². The van der Waals surface area contributed by atoms with Crippen molar-refractivity contribution in [2.75, 3.05) is 50.1 Å². The predicted molar refractivity (Wildman–Crippen MR) is 124 cm³/mol. The summed E-state index contributed by atoms with van der Waals surface area (Å²) in [5.74, 6) is 1.63. The van der Waals surface area contributed by atoms with Gasteiger partial charge in [0.25, 0.3) is 0 Å². The number of amides is 1. The number of hydrogen-bond acceptors (Lipinski definition) is 6. The largest absolute Gasteiger partial charge is 0.497 e. The van der Waals surface area contributed by atoms with E-state index in [0.717, 1.165) is 43.6 Å². The van der Waals surface area contributed by atoms with E-state index in [0.29, 0.717) is 17.8 Å². The van der Waals surface area contributed by atoms with Crippen LogP contribution in [0.15, 0.2) is 60.9 Å². The van der Waals surface area contributed by atoms with Gasteiger partial charge in [-0.1, -0.05) is 6.07 Å². The van der Waals surface area contributed by atoms with Gasteiger partial charge in [-0.3, -0.25) is 19.1 Å². The maximum atomic E-state index is 12.4. The number of aromatic nitrogens is 2. The molecule has 2 heterocycles. The van der Waals surface area contributed by atoms with Crippen molar-refractivity contribution < 1.29 is 14.3 Å². The van der Waals surface area contributed by atoms with E-state index in [4.69, 9.17) is 4.74 Å². The molecule has 1 saturated heterocycles. The number of ketones is 1. The summed E-state index contributed by atoms with van der Waals surface area (Å²) in [6, 6.07) is 14.8. The first-order chi connectivity index (χ1) is 15.5. The molecule has 1 fully saturated rings. The fourth-order valence-corrected chi connectivity index (χ4v) is 3.79. The van der Waals surface area contributed by atoms with Gasteiger partial charge in [0.1, 0.15) is 5.75 Å². The van der Waals surface area contributed by atoms with E-state index in [1.165, 1.54) is 6.92 Å². The molecule has 0 aliphatic carbocycles. The van der Waals surface area contributed by atoms with Gasteiger partial charge in [0.2, 0.25) is 11.9 Å². The summed E-state index contributed by atoms with van der Waals surface area (Å²) in [4.78, 5) is 32.7. The zero-order valence-corrected chi connectivity index (χ0v) is 18.3. The number of benzene rings is 2. The van der Waals surface area contributed by atoms with Gasteiger partial charge in [-0.25, -0.2) is 4.98 Å². The van der Waals surface area contributed by atoms with E-state index >= 15 is 0 Å². The topological polar surface area (TPSA) is 79.7 Å². The number of rotatable bonds is 7. The predicted octanol–water partition coefficient (Wildman–Crippen LogP) is 2.84. The Morgan fingerprint density at radius 1 is 1.06 bits per heavy atom. The van der Waals surface area contributed by atoms with E-state index in [2.05, 4.69) is 24.7 Å². The van der Waals surface area contributed by atoms with Crippen LogP contribution in [0.1, 0.15) is 17.3 Å². The number of nitrogens with zero attached hydrogens (tertiary/aromatic N) is 4. The minimum atomic E-state index is -0.0631. The molecule has 1 N–H and O–H groups in total. The Morgan fingerprint density at radius 2 is 1.81 bits per heavy atom. The molecule has 0 radical (unpaired) electrons. The minimum Gasteiger partial charge on any atom is -0.497 e. The lowest BCUT2D eigenvalue weighted by Crippen LogP contribution is -2.49. The van der Waals surface area contributed by atoms with Crippen molar-refractivity contribution in [3.63, 3.8) is 0 Å². The lowest BCUT2D eigenvalue weighted by Gasteiger charge is -2.35. The standard InChI is InChI=1S/C24H27N5O3/c1-18(30)19-6-8-20(9-7-19)26-23(31)17-27-12-14-28(15-13-27)24-25-10-11-29(24)21-4-3-5-22(16-21)32-2/h3-11,16H,12-15,17H2,1-2H3,(H,26,31). The van der Waals surface area contributed by atoms with Crippen LogP contribution in [0.25, 0.3) is 5.69 Å². The van der Waals surface area contributed by atoms with E-state index in [9.17, 15) is 9.59 Å². The zero-order chi connectivity index (χ0) is 22.5. The number of anilines is 2. The summed E-state index contributed by atoms with van der Waals surface area (Å²) in [7, 11) is 1.66. The van der Waals surface area contributed by atoms with Gasteiger partial charge >= 0.3 is 0 Å². The summed E-state index contributed by atoms with van der Waals surface area (Å²) in [6.45, 7) is 4.94. The minimum absolute atomic E-state index is 0.00721. The highest BCUT2D eigenvalue weighted by Crippen LogP contribution is 2.23. The van der Waals surface area contributed by atoms with Crippen LogP contribution in [-0.4, -0.2) is 66.0 Å². The second-order valence-electron chi connectivity index (χ2n) is 7.74. The molecule has 0 saturated carbocycles. The monoisotopic (exact) mass is 433 g/mol. The first kappa shape index (κ1) is 21.6. The Morgan fingerprint density at radius 3 is 2.50 bits per heavy atom. The van der Waals surface area contributed by atoms with Crippen molar-refractivity contribution >= 4 is 23.3 Å². The maximum Gasteiger partial charge on any atom is 0.238 e. The molecule has 8 nitrogen and oxygen atoms in total. The SMILES string of the molecule is COc1cccc(-n2ccnc2N2CCN(CC(=O)Nc3ccc(C(C)=O)cc3)CC2)c1. The molecule has 2 aromatic carbocycles. The Bertz CT molecular complexity index is 1090. The van der Waals surface area contributed by atoms with Crippen molar-refractivity contribution in [1.82, 2.24) is 14.5 Å². The van der Waals surface area contributed by atoms with Gasteiger partial charge in [-0.2, -0.15) is 0 Å². The fourth-order valence-electron chi connectivity index (χ4n) is 3.79. The molecular weight excluding hydrogens is 406 g/mol. The second-order valence-corrected chi connectivity index (χ2v) is 7.74. The molecule has 1 aliphatic rings. The number of imidazole rings is 1. The molecule has 0 spiro atoms. The number of piperazine rings is 1. The number of nitrogens with one attached hydrogen (secondary N) is 1. The van der Waals surface area contributed by atoms with Crippen LogP contribution >= 0.6 is 0 Å². The summed E-state index contributed by atoms with van der Waals surface area (Å²) in [6.07, 6.45) is 3.74. The molecule has 166 valence electrons. The Kier molecular flexibility index (Phi) is 6.51. The van der Waals surface area contributed by atoms with Crippen molar-refractivity contribution in [2.45, 2.75) is 6.92 Å². The van der Waals surface area contributed by atoms with Gasteiger partial charge in [-0.05, 0) is 43.3 Å². The molecule has 1 aromatic heterocycles. The zero-order valence-electron chi connectivity index (χ0n) is 18.3. The summed E-state index contributed by atoms with van der Waals surface area (Å²) in [5.41, 5.74) is 2.32. The number of carbonyl (C=O) groups excluding carboxylic acids is 2. The number of hydrogen-bond donors (Lipinski definition) is 1. The van der Waals surface area contributed by atoms with Crippen molar-refractivity contribution in [1.29, 1.82) is 0 Å². The first-order valence-electron chi connectivity index (χ1n) is 10.6. The molecule has 4 rings (SSSR count). The van der Waals surface area contributed by atoms with E-state index < -0.39 is 0 Å². The Balaban J connectivity index is 1.32. The summed E-state index contributed by atoms with van der Waals surface area (Å²) < 4.78 is 7.39. The quantitative estimate of drug-likeness (QED) is 0.577. The molecule has 1 aliphatic heterocycles. The average Bonchev–Trinajstić information content (AvgIpc) is 3.30. The Hall–Kier alpha value is -3.65. The van der Waals surface area contributed by atoms with Crippen molar-refractivity contribution in [3.8, 4) is 11.4 Å². The summed E-state index contributed by atoms with van der Waals surface area (Å²) in [5, 5.41) is 2.90. The highest BCUT2D eigenvalue weighted by molar-refractivity contribution is 5.96. The van der Waals surface area contributed by atoms with Gasteiger partial charge in [-0.15, -0.1) is 0 Å². The van der Waals surface area contributed by atoms with Crippen LogP contribution in [-0.2, 0) is 4.79 Å². The van der Waals surface area contributed by atoms with E-state index in [-0.39, 0.29) is 11.7 Å².